The normalized spacial score (nSPS) is 12.2. The van der Waals surface area contributed by atoms with Gasteiger partial charge in [-0.15, -0.1) is 11.3 Å². The molecule has 4 N–H and O–H groups in total. The summed E-state index contributed by atoms with van der Waals surface area (Å²) in [6.07, 6.45) is 0. The maximum atomic E-state index is 11.3. The molecule has 0 aliphatic rings. The van der Waals surface area contributed by atoms with E-state index in [1.54, 1.807) is 13.1 Å². The van der Waals surface area contributed by atoms with Crippen LogP contribution in [0.3, 0.4) is 0 Å². The number of aryl methyl sites for hydroxylation is 1. The lowest BCUT2D eigenvalue weighted by atomic mass is 10.1. The molecule has 1 aromatic heterocycles. The zero-order valence-electron chi connectivity index (χ0n) is 13.0. The third kappa shape index (κ3) is 5.34. The van der Waals surface area contributed by atoms with Crippen molar-refractivity contribution in [2.75, 3.05) is 7.05 Å². The smallest absolute Gasteiger partial charge is 0.247 e. The summed E-state index contributed by atoms with van der Waals surface area (Å²) in [5.74, 6) is 0.649. The quantitative estimate of drug-likeness (QED) is 0.562. The van der Waals surface area contributed by atoms with Gasteiger partial charge >= 0.3 is 0 Å². The van der Waals surface area contributed by atoms with Crippen molar-refractivity contribution in [3.05, 3.63) is 52.4 Å². The highest BCUT2D eigenvalue weighted by atomic mass is 32.2. The Morgan fingerprint density at radius 1 is 1.13 bits per heavy atom. The van der Waals surface area contributed by atoms with Crippen LogP contribution >= 0.6 is 11.3 Å². The van der Waals surface area contributed by atoms with Crippen molar-refractivity contribution in [2.24, 2.45) is 10.1 Å². The second kappa shape index (κ2) is 7.58. The summed E-state index contributed by atoms with van der Waals surface area (Å²) in [6.45, 7) is 3.19. The van der Waals surface area contributed by atoms with E-state index in [9.17, 15) is 8.42 Å². The maximum absolute atomic E-state index is 11.3. The Morgan fingerprint density at radius 3 is 2.35 bits per heavy atom. The maximum Gasteiger partial charge on any atom is 0.247 e. The van der Waals surface area contributed by atoms with Gasteiger partial charge < -0.3 is 10.6 Å². The first-order valence-corrected chi connectivity index (χ1v) is 9.36. The van der Waals surface area contributed by atoms with E-state index in [1.165, 1.54) is 11.6 Å². The van der Waals surface area contributed by atoms with Crippen molar-refractivity contribution in [1.82, 2.24) is 10.6 Å². The molecule has 0 amide bonds. The van der Waals surface area contributed by atoms with Gasteiger partial charge in [-0.25, -0.2) is 13.6 Å². The number of nitrogens with one attached hydrogen (secondary N) is 2. The Balaban J connectivity index is 1.88. The first kappa shape index (κ1) is 17.5. The monoisotopic (exact) mass is 352 g/mol. The summed E-state index contributed by atoms with van der Waals surface area (Å²) >= 11 is 1.15. The Hall–Kier alpha value is -1.90. The van der Waals surface area contributed by atoms with E-state index in [1.807, 2.05) is 0 Å². The van der Waals surface area contributed by atoms with Gasteiger partial charge in [-0.2, -0.15) is 0 Å². The van der Waals surface area contributed by atoms with Crippen LogP contribution in [-0.4, -0.2) is 21.4 Å². The van der Waals surface area contributed by atoms with Crippen LogP contribution in [0.2, 0.25) is 0 Å². The Morgan fingerprint density at radius 2 is 1.78 bits per heavy atom. The molecule has 23 heavy (non-hydrogen) atoms. The molecule has 124 valence electrons. The minimum Gasteiger partial charge on any atom is -0.352 e. The highest BCUT2D eigenvalue weighted by Gasteiger charge is 2.11. The summed E-state index contributed by atoms with van der Waals surface area (Å²) in [7, 11) is -1.94. The number of hydrogen-bond acceptors (Lipinski definition) is 4. The number of nitrogens with two attached hydrogens (primary N) is 1. The zero-order valence-corrected chi connectivity index (χ0v) is 14.7. The molecule has 1 aromatic carbocycles. The minimum atomic E-state index is -3.63. The largest absolute Gasteiger partial charge is 0.352 e. The van der Waals surface area contributed by atoms with E-state index in [2.05, 4.69) is 46.8 Å². The third-order valence-electron chi connectivity index (χ3n) is 3.15. The van der Waals surface area contributed by atoms with Crippen LogP contribution in [0, 0.1) is 6.92 Å². The van der Waals surface area contributed by atoms with Gasteiger partial charge in [-0.1, -0.05) is 29.8 Å². The number of hydrogen-bond donors (Lipinski definition) is 3. The molecule has 0 atom stereocenters. The van der Waals surface area contributed by atoms with Crippen molar-refractivity contribution >= 4 is 27.3 Å². The first-order chi connectivity index (χ1) is 10.9. The number of aliphatic imine (C=N–C) groups is 1. The molecule has 1 heterocycles. The van der Waals surface area contributed by atoms with Crippen molar-refractivity contribution in [3.8, 4) is 0 Å². The van der Waals surface area contributed by atoms with Gasteiger partial charge in [-0.05, 0) is 24.6 Å². The molecule has 0 saturated heterocycles. The molecule has 0 radical (unpaired) electrons. The second-order valence-electron chi connectivity index (χ2n) is 5.03. The summed E-state index contributed by atoms with van der Waals surface area (Å²) in [6, 6.07) is 11.5. The average molecular weight is 352 g/mol. The highest BCUT2D eigenvalue weighted by Crippen LogP contribution is 2.19. The van der Waals surface area contributed by atoms with Crippen molar-refractivity contribution < 1.29 is 8.42 Å². The summed E-state index contributed by atoms with van der Waals surface area (Å²) in [5, 5.41) is 11.5. The van der Waals surface area contributed by atoms with E-state index in [4.69, 9.17) is 5.14 Å². The van der Waals surface area contributed by atoms with Crippen molar-refractivity contribution in [3.63, 3.8) is 0 Å². The number of sulfonamides is 1. The highest BCUT2D eigenvalue weighted by molar-refractivity contribution is 7.91. The Kier molecular flexibility index (Phi) is 5.75. The SMILES string of the molecule is CN=C(NCc1ccc(C)cc1)NCc1ccc(S(N)(=O)=O)s1. The fourth-order valence-corrected chi connectivity index (χ4v) is 3.61. The number of nitrogens with zero attached hydrogens (tertiary/aromatic N) is 1. The number of benzene rings is 1. The average Bonchev–Trinajstić information content (AvgIpc) is 2.98. The Bertz CT molecular complexity index is 780. The van der Waals surface area contributed by atoms with E-state index >= 15 is 0 Å². The molecule has 0 bridgehead atoms. The van der Waals surface area contributed by atoms with Gasteiger partial charge in [0.15, 0.2) is 5.96 Å². The van der Waals surface area contributed by atoms with Crippen molar-refractivity contribution in [2.45, 2.75) is 24.2 Å². The standard InChI is InChI=1S/C15H20N4O2S2/c1-11-3-5-12(6-4-11)9-18-15(17-2)19-10-13-7-8-14(22-13)23(16,20)21/h3-8H,9-10H2,1-2H3,(H2,16,20,21)(H2,17,18,19). The van der Waals surface area contributed by atoms with Gasteiger partial charge in [0.05, 0.1) is 6.54 Å². The molecule has 0 aliphatic carbocycles. The van der Waals surface area contributed by atoms with E-state index in [-0.39, 0.29) is 4.21 Å². The van der Waals surface area contributed by atoms with Crippen LogP contribution < -0.4 is 15.8 Å². The molecule has 0 unspecified atom stereocenters. The molecule has 0 aliphatic heterocycles. The van der Waals surface area contributed by atoms with Crippen LogP contribution in [0.25, 0.3) is 0 Å². The molecule has 0 spiro atoms. The summed E-state index contributed by atoms with van der Waals surface area (Å²) < 4.78 is 22.7. The van der Waals surface area contributed by atoms with Crippen LogP contribution in [0.15, 0.2) is 45.6 Å². The molecule has 2 aromatic rings. The van der Waals surface area contributed by atoms with Gasteiger partial charge in [0, 0.05) is 18.5 Å². The minimum absolute atomic E-state index is 0.164. The molecule has 0 saturated carbocycles. The van der Waals surface area contributed by atoms with Crippen LogP contribution in [0.4, 0.5) is 0 Å². The van der Waals surface area contributed by atoms with Crippen LogP contribution in [-0.2, 0) is 23.1 Å². The second-order valence-corrected chi connectivity index (χ2v) is 7.99. The predicted octanol–water partition coefficient (Wildman–Crippen LogP) is 1.57. The predicted molar refractivity (Wildman–Crippen MR) is 93.9 cm³/mol. The topological polar surface area (TPSA) is 96.6 Å². The van der Waals surface area contributed by atoms with Gasteiger partial charge in [-0.3, -0.25) is 4.99 Å². The molecule has 8 heteroatoms. The number of guanidine groups is 1. The number of rotatable bonds is 5. The Labute approximate surface area is 140 Å². The lowest BCUT2D eigenvalue weighted by Crippen LogP contribution is -2.36. The first-order valence-electron chi connectivity index (χ1n) is 7.00. The molecular formula is C15H20N4O2S2. The summed E-state index contributed by atoms with van der Waals surface area (Å²) in [4.78, 5) is 5.02. The molecule has 0 fully saturated rings. The lowest BCUT2D eigenvalue weighted by Gasteiger charge is -2.11. The van der Waals surface area contributed by atoms with Gasteiger partial charge in [0.25, 0.3) is 0 Å². The number of thiophene rings is 1. The zero-order chi connectivity index (χ0) is 16.9. The van der Waals surface area contributed by atoms with E-state index in [0.717, 1.165) is 21.8 Å². The van der Waals surface area contributed by atoms with Crippen LogP contribution in [0.1, 0.15) is 16.0 Å². The molecule has 6 nitrogen and oxygen atoms in total. The fraction of sp³-hybridized carbons (Fsp3) is 0.267. The van der Waals surface area contributed by atoms with E-state index in [0.29, 0.717) is 19.0 Å². The van der Waals surface area contributed by atoms with Gasteiger partial charge in [0.1, 0.15) is 4.21 Å². The van der Waals surface area contributed by atoms with E-state index < -0.39 is 10.0 Å². The lowest BCUT2D eigenvalue weighted by molar-refractivity contribution is 0.600. The summed E-state index contributed by atoms with van der Waals surface area (Å²) in [5.41, 5.74) is 2.38. The molecule has 2 rings (SSSR count). The number of primary sulfonamides is 1. The molecular weight excluding hydrogens is 332 g/mol. The van der Waals surface area contributed by atoms with Crippen molar-refractivity contribution in [1.29, 1.82) is 0 Å². The fourth-order valence-electron chi connectivity index (χ4n) is 1.89. The van der Waals surface area contributed by atoms with Gasteiger partial charge in [0.2, 0.25) is 10.0 Å². The third-order valence-corrected chi connectivity index (χ3v) is 5.68. The van der Waals surface area contributed by atoms with Crippen LogP contribution in [0.5, 0.6) is 0 Å².